The Bertz CT molecular complexity index is 422. The molecule has 0 fully saturated rings. The van der Waals surface area contributed by atoms with Crippen molar-refractivity contribution in [1.82, 2.24) is 0 Å². The maximum absolute atomic E-state index is 12.9. The zero-order chi connectivity index (χ0) is 14.9. The lowest BCUT2D eigenvalue weighted by atomic mass is 10.2. The number of hydrogen-bond donors (Lipinski definition) is 0. The van der Waals surface area contributed by atoms with Crippen LogP contribution in [0, 0.1) is 0 Å². The van der Waals surface area contributed by atoms with E-state index in [-0.39, 0.29) is 0 Å². The van der Waals surface area contributed by atoms with E-state index in [1.165, 1.54) is 12.1 Å². The van der Waals surface area contributed by atoms with Crippen LogP contribution in [0.4, 0.5) is 30.7 Å². The van der Waals surface area contributed by atoms with E-state index in [2.05, 4.69) is 4.74 Å². The highest BCUT2D eigenvalue weighted by Crippen LogP contribution is 2.47. The van der Waals surface area contributed by atoms with E-state index in [1.807, 2.05) is 0 Å². The van der Waals surface area contributed by atoms with Gasteiger partial charge < -0.3 is 4.74 Å². The average molecular weight is 290 g/mol. The van der Waals surface area contributed by atoms with Crippen molar-refractivity contribution in [3.8, 4) is 5.75 Å². The average Bonchev–Trinajstić information content (AvgIpc) is 2.28. The van der Waals surface area contributed by atoms with Gasteiger partial charge in [-0.2, -0.15) is 30.7 Å². The van der Waals surface area contributed by atoms with E-state index < -0.39 is 24.0 Å². The molecule has 0 spiro atoms. The minimum atomic E-state index is -6.40. The van der Waals surface area contributed by atoms with Crippen LogP contribution in [-0.2, 0) is 6.42 Å². The maximum atomic E-state index is 12.9. The Balaban J connectivity index is 2.95. The maximum Gasteiger partial charge on any atom is 0.474 e. The van der Waals surface area contributed by atoms with Gasteiger partial charge in [-0.25, -0.2) is 0 Å². The zero-order valence-corrected chi connectivity index (χ0v) is 9.57. The predicted molar refractivity (Wildman–Crippen MR) is 52.4 cm³/mol. The molecule has 19 heavy (non-hydrogen) atoms. The van der Waals surface area contributed by atoms with E-state index in [0.717, 1.165) is 12.1 Å². The Morgan fingerprint density at radius 2 is 1.37 bits per heavy atom. The smallest absolute Gasteiger partial charge is 0.428 e. The van der Waals surface area contributed by atoms with Crippen molar-refractivity contribution in [3.63, 3.8) is 0 Å². The molecule has 1 rings (SSSR count). The summed E-state index contributed by atoms with van der Waals surface area (Å²) in [7, 11) is 0. The van der Waals surface area contributed by atoms with E-state index in [1.54, 1.807) is 6.92 Å². The highest BCUT2D eigenvalue weighted by atomic mass is 19.4. The summed E-state index contributed by atoms with van der Waals surface area (Å²) in [6, 6.07) is 4.38. The molecule has 0 aromatic heterocycles. The number of benzene rings is 1. The Morgan fingerprint density at radius 1 is 0.895 bits per heavy atom. The van der Waals surface area contributed by atoms with Crippen LogP contribution < -0.4 is 4.74 Å². The summed E-state index contributed by atoms with van der Waals surface area (Å²) in [4.78, 5) is 0. The summed E-state index contributed by atoms with van der Waals surface area (Å²) in [5.74, 6) is -7.05. The van der Waals surface area contributed by atoms with Gasteiger partial charge >= 0.3 is 18.2 Å². The largest absolute Gasteiger partial charge is 0.474 e. The molecule has 0 unspecified atom stereocenters. The number of hydrogen-bond acceptors (Lipinski definition) is 1. The first kappa shape index (κ1) is 15.6. The van der Waals surface area contributed by atoms with E-state index in [4.69, 9.17) is 0 Å². The van der Waals surface area contributed by atoms with Crippen molar-refractivity contribution in [3.05, 3.63) is 29.8 Å². The van der Waals surface area contributed by atoms with Gasteiger partial charge in [0.05, 0.1) is 0 Å². The van der Waals surface area contributed by atoms with Gasteiger partial charge in [-0.1, -0.05) is 19.1 Å². The van der Waals surface area contributed by atoms with Crippen LogP contribution in [0.15, 0.2) is 24.3 Å². The summed E-state index contributed by atoms with van der Waals surface area (Å²) in [5.41, 5.74) is 0.693. The second kappa shape index (κ2) is 4.90. The molecule has 0 saturated carbocycles. The Kier molecular flexibility index (Phi) is 4.02. The Hall–Kier alpha value is -1.47. The first-order valence-corrected chi connectivity index (χ1v) is 5.11. The van der Waals surface area contributed by atoms with Gasteiger partial charge in [0.15, 0.2) is 0 Å². The molecule has 0 aliphatic rings. The fourth-order valence-corrected chi connectivity index (χ4v) is 1.17. The number of halogens is 7. The van der Waals surface area contributed by atoms with Crippen LogP contribution >= 0.6 is 0 Å². The van der Waals surface area contributed by atoms with Crippen molar-refractivity contribution in [1.29, 1.82) is 0 Å². The van der Waals surface area contributed by atoms with Gasteiger partial charge in [-0.15, -0.1) is 0 Å². The van der Waals surface area contributed by atoms with Crippen molar-refractivity contribution < 1.29 is 35.5 Å². The Labute approximate surface area is 104 Å². The van der Waals surface area contributed by atoms with Crippen LogP contribution in [-0.4, -0.2) is 18.2 Å². The summed E-state index contributed by atoms with van der Waals surface area (Å²) in [5, 5.41) is 0. The lowest BCUT2D eigenvalue weighted by molar-refractivity contribution is -0.402. The molecule has 8 heteroatoms. The molecule has 108 valence electrons. The summed E-state index contributed by atoms with van der Waals surface area (Å²) >= 11 is 0. The Morgan fingerprint density at radius 3 is 1.74 bits per heavy atom. The van der Waals surface area contributed by atoms with Crippen molar-refractivity contribution in [2.75, 3.05) is 0 Å². The molecule has 0 aliphatic heterocycles. The lowest BCUT2D eigenvalue weighted by Crippen LogP contribution is -2.55. The molecular formula is C11H9F7O. The predicted octanol–water partition coefficient (Wildman–Crippen LogP) is 4.42. The first-order chi connectivity index (χ1) is 8.51. The van der Waals surface area contributed by atoms with Crippen molar-refractivity contribution in [2.45, 2.75) is 31.6 Å². The van der Waals surface area contributed by atoms with E-state index in [0.29, 0.717) is 12.0 Å². The normalized spacial score (nSPS) is 13.5. The monoisotopic (exact) mass is 290 g/mol. The van der Waals surface area contributed by atoms with Crippen LogP contribution in [0.1, 0.15) is 12.5 Å². The number of rotatable bonds is 4. The first-order valence-electron chi connectivity index (χ1n) is 5.11. The second-order valence-corrected chi connectivity index (χ2v) is 3.69. The summed E-state index contributed by atoms with van der Waals surface area (Å²) in [6.45, 7) is 1.75. The SMILES string of the molecule is CCc1ccc(OC(F)(F)C(F)(F)C(F)(F)F)cc1. The fraction of sp³-hybridized carbons (Fsp3) is 0.455. The van der Waals surface area contributed by atoms with Crippen LogP contribution in [0.25, 0.3) is 0 Å². The third-order valence-corrected chi connectivity index (χ3v) is 2.30. The standard InChI is InChI=1S/C11H9F7O/c1-2-7-3-5-8(6-4-7)19-11(17,18)9(12,13)10(14,15)16/h3-6H,2H2,1H3. The van der Waals surface area contributed by atoms with E-state index in [9.17, 15) is 30.7 Å². The van der Waals surface area contributed by atoms with Crippen LogP contribution in [0.3, 0.4) is 0 Å². The molecule has 1 nitrogen and oxygen atoms in total. The van der Waals surface area contributed by atoms with E-state index >= 15 is 0 Å². The minimum absolute atomic E-state index is 0.551. The number of aryl methyl sites for hydroxylation is 1. The molecule has 0 heterocycles. The van der Waals surface area contributed by atoms with Gasteiger partial charge in [0, 0.05) is 0 Å². The molecule has 0 radical (unpaired) electrons. The van der Waals surface area contributed by atoms with Crippen LogP contribution in [0.2, 0.25) is 0 Å². The summed E-state index contributed by atoms with van der Waals surface area (Å²) < 4.78 is 89.8. The highest BCUT2D eigenvalue weighted by molar-refractivity contribution is 5.27. The van der Waals surface area contributed by atoms with Gasteiger partial charge in [-0.3, -0.25) is 0 Å². The number of ether oxygens (including phenoxy) is 1. The van der Waals surface area contributed by atoms with Gasteiger partial charge in [-0.05, 0) is 24.1 Å². The second-order valence-electron chi connectivity index (χ2n) is 3.69. The van der Waals surface area contributed by atoms with Crippen molar-refractivity contribution >= 4 is 0 Å². The van der Waals surface area contributed by atoms with Gasteiger partial charge in [0.2, 0.25) is 0 Å². The molecule has 1 aromatic rings. The molecule has 0 atom stereocenters. The zero-order valence-electron chi connectivity index (χ0n) is 9.57. The third-order valence-electron chi connectivity index (χ3n) is 2.30. The minimum Gasteiger partial charge on any atom is -0.428 e. The number of alkyl halides is 7. The fourth-order valence-electron chi connectivity index (χ4n) is 1.17. The molecule has 0 N–H and O–H groups in total. The van der Waals surface area contributed by atoms with Gasteiger partial charge in [0.1, 0.15) is 5.75 Å². The summed E-state index contributed by atoms with van der Waals surface area (Å²) in [6.07, 6.45) is -11.5. The molecule has 0 saturated heterocycles. The molecular weight excluding hydrogens is 281 g/mol. The molecule has 0 amide bonds. The third kappa shape index (κ3) is 3.10. The molecule has 1 aromatic carbocycles. The lowest BCUT2D eigenvalue weighted by Gasteiger charge is -2.27. The quantitative estimate of drug-likeness (QED) is 0.746. The molecule has 0 bridgehead atoms. The topological polar surface area (TPSA) is 9.23 Å². The van der Waals surface area contributed by atoms with Crippen LogP contribution in [0.5, 0.6) is 5.75 Å². The highest BCUT2D eigenvalue weighted by Gasteiger charge is 2.75. The van der Waals surface area contributed by atoms with Gasteiger partial charge in [0.25, 0.3) is 0 Å². The van der Waals surface area contributed by atoms with Crippen molar-refractivity contribution in [2.24, 2.45) is 0 Å². The molecule has 0 aliphatic carbocycles.